The van der Waals surface area contributed by atoms with Crippen molar-refractivity contribution < 1.29 is 5.11 Å². The largest absolute Gasteiger partial charge is 0.391 e. The summed E-state index contributed by atoms with van der Waals surface area (Å²) in [4.78, 5) is 4.06. The van der Waals surface area contributed by atoms with E-state index in [0.717, 1.165) is 23.6 Å². The van der Waals surface area contributed by atoms with Gasteiger partial charge < -0.3 is 10.4 Å². The number of nitrogens with one attached hydrogen (secondary N) is 1. The Hall–Kier alpha value is -1.46. The normalized spacial score (nSPS) is 23.4. The van der Waals surface area contributed by atoms with Crippen LogP contribution in [-0.4, -0.2) is 32.4 Å². The average Bonchev–Trinajstić information content (AvgIpc) is 2.36. The summed E-state index contributed by atoms with van der Waals surface area (Å²) in [6.45, 7) is 0. The Morgan fingerprint density at radius 1 is 1.29 bits per heavy atom. The molecule has 1 aliphatic rings. The fourth-order valence-corrected chi connectivity index (χ4v) is 2.10. The lowest BCUT2D eigenvalue weighted by molar-refractivity contribution is 0.0784. The second-order valence-corrected chi connectivity index (χ2v) is 4.51. The van der Waals surface area contributed by atoms with Crippen LogP contribution in [0.25, 0.3) is 10.8 Å². The lowest BCUT2D eigenvalue weighted by Gasteiger charge is -2.33. The van der Waals surface area contributed by atoms with E-state index < -0.39 is 0 Å². The molecule has 0 bridgehead atoms. The lowest BCUT2D eigenvalue weighted by Crippen LogP contribution is -2.43. The summed E-state index contributed by atoms with van der Waals surface area (Å²) in [6, 6.07) is 1.85. The molecule has 1 fully saturated rings. The van der Waals surface area contributed by atoms with Gasteiger partial charge in [-0.2, -0.15) is 0 Å². The Labute approximate surface area is 103 Å². The van der Waals surface area contributed by atoms with Crippen molar-refractivity contribution in [1.29, 1.82) is 0 Å². The van der Waals surface area contributed by atoms with E-state index in [1.54, 1.807) is 18.5 Å². The zero-order valence-corrected chi connectivity index (χ0v) is 9.72. The fourth-order valence-electron chi connectivity index (χ4n) is 1.90. The van der Waals surface area contributed by atoms with Crippen LogP contribution in [0.4, 0.5) is 5.82 Å². The number of hydrogen-bond donors (Lipinski definition) is 2. The third kappa shape index (κ3) is 1.81. The fraction of sp³-hybridized carbons (Fsp3) is 0.364. The van der Waals surface area contributed by atoms with Gasteiger partial charge in [0.25, 0.3) is 0 Å². The van der Waals surface area contributed by atoms with Crippen LogP contribution >= 0.6 is 11.6 Å². The van der Waals surface area contributed by atoms with Crippen LogP contribution < -0.4 is 5.32 Å². The summed E-state index contributed by atoms with van der Waals surface area (Å²) >= 11 is 5.96. The molecule has 6 heteroatoms. The number of nitrogens with zero attached hydrogens (tertiary/aromatic N) is 3. The Kier molecular flexibility index (Phi) is 2.57. The molecule has 3 rings (SSSR count). The molecule has 2 aromatic rings. The van der Waals surface area contributed by atoms with Crippen molar-refractivity contribution in [2.75, 3.05) is 5.32 Å². The predicted octanol–water partition coefficient (Wildman–Crippen LogP) is 1.61. The Morgan fingerprint density at radius 2 is 2.18 bits per heavy atom. The molecule has 0 amide bonds. The van der Waals surface area contributed by atoms with Gasteiger partial charge in [-0.25, -0.2) is 0 Å². The van der Waals surface area contributed by atoms with Gasteiger partial charge in [-0.1, -0.05) is 11.6 Å². The number of rotatable bonds is 2. The molecule has 5 nitrogen and oxygen atoms in total. The van der Waals surface area contributed by atoms with E-state index in [4.69, 9.17) is 11.6 Å². The number of fused-ring (bicyclic) bond motifs is 1. The summed E-state index contributed by atoms with van der Waals surface area (Å²) < 4.78 is 0. The molecule has 1 aliphatic carbocycles. The van der Waals surface area contributed by atoms with Gasteiger partial charge in [-0.05, 0) is 18.9 Å². The number of hydrogen-bond acceptors (Lipinski definition) is 5. The first kappa shape index (κ1) is 10.7. The van der Waals surface area contributed by atoms with Crippen LogP contribution in [0.2, 0.25) is 5.15 Å². The molecule has 2 atom stereocenters. The van der Waals surface area contributed by atoms with Crippen LogP contribution in [0, 0.1) is 0 Å². The van der Waals surface area contributed by atoms with Gasteiger partial charge in [0.05, 0.1) is 12.1 Å². The van der Waals surface area contributed by atoms with Crippen LogP contribution in [-0.2, 0) is 0 Å². The maximum Gasteiger partial charge on any atom is 0.159 e. The Morgan fingerprint density at radius 3 is 2.88 bits per heavy atom. The molecule has 0 unspecified atom stereocenters. The van der Waals surface area contributed by atoms with Gasteiger partial charge in [0, 0.05) is 23.2 Å². The van der Waals surface area contributed by atoms with Crippen LogP contribution in [0.15, 0.2) is 18.5 Å². The number of halogens is 1. The van der Waals surface area contributed by atoms with Crippen molar-refractivity contribution in [2.45, 2.75) is 25.0 Å². The first-order valence-electron chi connectivity index (χ1n) is 5.46. The summed E-state index contributed by atoms with van der Waals surface area (Å²) in [7, 11) is 0. The standard InChI is InChI=1S/C11H11ClN4O/c12-10-6-3-4-13-5-7(6)11(16-15-10)14-8-1-2-9(8)17/h3-5,8-9,17H,1-2H2,(H,14,16)/t8-,9-/m1/s1. The van der Waals surface area contributed by atoms with Gasteiger partial charge in [0.2, 0.25) is 0 Å². The summed E-state index contributed by atoms with van der Waals surface area (Å²) in [6.07, 6.45) is 4.82. The molecule has 88 valence electrons. The monoisotopic (exact) mass is 250 g/mol. The first-order chi connectivity index (χ1) is 8.25. The molecule has 0 aromatic carbocycles. The van der Waals surface area contributed by atoms with Crippen molar-refractivity contribution in [1.82, 2.24) is 15.2 Å². The third-order valence-corrected chi connectivity index (χ3v) is 3.38. The summed E-state index contributed by atoms with van der Waals surface area (Å²) in [5.41, 5.74) is 0. The summed E-state index contributed by atoms with van der Waals surface area (Å²) in [5.74, 6) is 0.626. The molecule has 2 heterocycles. The minimum Gasteiger partial charge on any atom is -0.391 e. The molecular formula is C11H11ClN4O. The molecule has 0 aliphatic heterocycles. The SMILES string of the molecule is O[C@@H]1CC[C@H]1Nc1nnc(Cl)c2ccncc12. The van der Waals surface area contributed by atoms with E-state index in [9.17, 15) is 5.11 Å². The first-order valence-corrected chi connectivity index (χ1v) is 5.84. The molecule has 0 saturated heterocycles. The molecule has 1 saturated carbocycles. The average molecular weight is 251 g/mol. The number of pyridine rings is 1. The van der Waals surface area contributed by atoms with Gasteiger partial charge in [-0.3, -0.25) is 4.98 Å². The van der Waals surface area contributed by atoms with Crippen molar-refractivity contribution in [3.63, 3.8) is 0 Å². The van der Waals surface area contributed by atoms with Gasteiger partial charge >= 0.3 is 0 Å². The smallest absolute Gasteiger partial charge is 0.159 e. The zero-order chi connectivity index (χ0) is 11.8. The minimum absolute atomic E-state index is 0.0499. The molecule has 0 spiro atoms. The van der Waals surface area contributed by atoms with Crippen molar-refractivity contribution in [2.24, 2.45) is 0 Å². The quantitative estimate of drug-likeness (QED) is 0.847. The highest BCUT2D eigenvalue weighted by Gasteiger charge is 2.29. The van der Waals surface area contributed by atoms with Crippen molar-refractivity contribution >= 4 is 28.2 Å². The number of anilines is 1. The maximum absolute atomic E-state index is 9.54. The van der Waals surface area contributed by atoms with E-state index in [1.165, 1.54) is 0 Å². The lowest BCUT2D eigenvalue weighted by atomic mass is 9.89. The molecule has 2 N–H and O–H groups in total. The maximum atomic E-state index is 9.54. The van der Waals surface area contributed by atoms with E-state index in [0.29, 0.717) is 11.0 Å². The van der Waals surface area contributed by atoms with Crippen molar-refractivity contribution in [3.8, 4) is 0 Å². The molecule has 0 radical (unpaired) electrons. The summed E-state index contributed by atoms with van der Waals surface area (Å²) in [5, 5.41) is 22.6. The van der Waals surface area contributed by atoms with Gasteiger partial charge in [-0.15, -0.1) is 10.2 Å². The van der Waals surface area contributed by atoms with E-state index >= 15 is 0 Å². The zero-order valence-electron chi connectivity index (χ0n) is 8.97. The topological polar surface area (TPSA) is 70.9 Å². The van der Waals surface area contributed by atoms with E-state index in [-0.39, 0.29) is 12.1 Å². The number of aliphatic hydroxyl groups is 1. The highest BCUT2D eigenvalue weighted by Crippen LogP contribution is 2.28. The van der Waals surface area contributed by atoms with Gasteiger partial charge in [0.1, 0.15) is 0 Å². The van der Waals surface area contributed by atoms with Crippen LogP contribution in [0.3, 0.4) is 0 Å². The predicted molar refractivity (Wildman–Crippen MR) is 65.0 cm³/mol. The van der Waals surface area contributed by atoms with Crippen LogP contribution in [0.5, 0.6) is 0 Å². The second-order valence-electron chi connectivity index (χ2n) is 4.16. The van der Waals surface area contributed by atoms with Gasteiger partial charge in [0.15, 0.2) is 11.0 Å². The number of aromatic nitrogens is 3. The van der Waals surface area contributed by atoms with E-state index in [2.05, 4.69) is 20.5 Å². The van der Waals surface area contributed by atoms with E-state index in [1.807, 2.05) is 0 Å². The highest BCUT2D eigenvalue weighted by molar-refractivity contribution is 6.34. The molecular weight excluding hydrogens is 240 g/mol. The Bertz CT molecular complexity index is 562. The molecule has 17 heavy (non-hydrogen) atoms. The number of aliphatic hydroxyl groups excluding tert-OH is 1. The second kappa shape index (κ2) is 4.09. The molecule has 2 aromatic heterocycles. The minimum atomic E-state index is -0.306. The third-order valence-electron chi connectivity index (χ3n) is 3.10. The Balaban J connectivity index is 2.01. The van der Waals surface area contributed by atoms with Crippen LogP contribution in [0.1, 0.15) is 12.8 Å². The van der Waals surface area contributed by atoms with Crippen molar-refractivity contribution in [3.05, 3.63) is 23.6 Å². The highest BCUT2D eigenvalue weighted by atomic mass is 35.5.